The number of phenols is 2. The third-order valence-corrected chi connectivity index (χ3v) is 2.38. The smallest absolute Gasteiger partial charge is 0.151 e. The van der Waals surface area contributed by atoms with Crippen LogP contribution in [0.3, 0.4) is 0 Å². The second-order valence-corrected chi connectivity index (χ2v) is 3.38. The molecule has 0 amide bonds. The zero-order valence-corrected chi connectivity index (χ0v) is 8.55. The molecule has 1 heterocycles. The van der Waals surface area contributed by atoms with Gasteiger partial charge in [-0.2, -0.15) is 0 Å². The van der Waals surface area contributed by atoms with E-state index in [4.69, 9.17) is 5.21 Å². The highest BCUT2D eigenvalue weighted by atomic mass is 16.4. The number of nitrogens with zero attached hydrogens (tertiary/aromatic N) is 2. The standard InChI is InChI=1S/C11H10N2O3/c1-6(13-16)8-5-9(14)7-3-2-4-12-10(7)11(8)15/h2-5,14-16H,1H3. The van der Waals surface area contributed by atoms with Gasteiger partial charge in [-0.15, -0.1) is 0 Å². The van der Waals surface area contributed by atoms with Crippen molar-refractivity contribution >= 4 is 16.6 Å². The topological polar surface area (TPSA) is 85.9 Å². The first-order valence-corrected chi connectivity index (χ1v) is 4.64. The molecule has 82 valence electrons. The molecule has 2 aromatic rings. The summed E-state index contributed by atoms with van der Waals surface area (Å²) in [6.45, 7) is 1.52. The van der Waals surface area contributed by atoms with Gasteiger partial charge in [0.2, 0.25) is 0 Å². The summed E-state index contributed by atoms with van der Waals surface area (Å²) in [7, 11) is 0. The quantitative estimate of drug-likeness (QED) is 0.295. The molecule has 0 fully saturated rings. The van der Waals surface area contributed by atoms with Crippen molar-refractivity contribution in [2.75, 3.05) is 0 Å². The number of aromatic hydroxyl groups is 2. The summed E-state index contributed by atoms with van der Waals surface area (Å²) in [5, 5.41) is 31.7. The average Bonchev–Trinajstić information content (AvgIpc) is 2.33. The van der Waals surface area contributed by atoms with Crippen molar-refractivity contribution in [1.82, 2.24) is 4.98 Å². The lowest BCUT2D eigenvalue weighted by Crippen LogP contribution is -1.96. The largest absolute Gasteiger partial charge is 0.507 e. The Labute approximate surface area is 91.3 Å². The second kappa shape index (κ2) is 3.69. The fraction of sp³-hybridized carbons (Fsp3) is 0.0909. The van der Waals surface area contributed by atoms with Gasteiger partial charge in [0.25, 0.3) is 0 Å². The van der Waals surface area contributed by atoms with Crippen molar-refractivity contribution in [2.24, 2.45) is 5.16 Å². The average molecular weight is 218 g/mol. The number of fused-ring (bicyclic) bond motifs is 1. The summed E-state index contributed by atoms with van der Waals surface area (Å²) in [5.41, 5.74) is 0.743. The van der Waals surface area contributed by atoms with Crippen molar-refractivity contribution in [2.45, 2.75) is 6.92 Å². The number of oxime groups is 1. The first kappa shape index (κ1) is 10.2. The van der Waals surface area contributed by atoms with Gasteiger partial charge in [0.1, 0.15) is 11.3 Å². The van der Waals surface area contributed by atoms with Crippen LogP contribution in [-0.4, -0.2) is 26.1 Å². The van der Waals surface area contributed by atoms with E-state index in [1.807, 2.05) is 0 Å². The van der Waals surface area contributed by atoms with Crippen molar-refractivity contribution in [3.8, 4) is 11.5 Å². The molecule has 2 rings (SSSR count). The molecule has 0 bridgehead atoms. The number of rotatable bonds is 1. The van der Waals surface area contributed by atoms with Gasteiger partial charge in [0, 0.05) is 17.1 Å². The molecule has 0 spiro atoms. The molecule has 0 radical (unpaired) electrons. The van der Waals surface area contributed by atoms with E-state index in [1.54, 1.807) is 12.1 Å². The van der Waals surface area contributed by atoms with Crippen LogP contribution in [0.25, 0.3) is 10.9 Å². The van der Waals surface area contributed by atoms with Crippen LogP contribution in [0.5, 0.6) is 11.5 Å². The van der Waals surface area contributed by atoms with Gasteiger partial charge in [0.05, 0.1) is 5.71 Å². The zero-order chi connectivity index (χ0) is 11.7. The predicted molar refractivity (Wildman–Crippen MR) is 59.1 cm³/mol. The summed E-state index contributed by atoms with van der Waals surface area (Å²) in [6, 6.07) is 4.65. The van der Waals surface area contributed by atoms with Gasteiger partial charge in [-0.05, 0) is 25.1 Å². The van der Waals surface area contributed by atoms with Crippen LogP contribution < -0.4 is 0 Å². The van der Waals surface area contributed by atoms with E-state index in [0.29, 0.717) is 5.39 Å². The maximum Gasteiger partial charge on any atom is 0.151 e. The van der Waals surface area contributed by atoms with E-state index >= 15 is 0 Å². The summed E-state index contributed by atoms with van der Waals surface area (Å²) >= 11 is 0. The lowest BCUT2D eigenvalue weighted by atomic mass is 10.1. The fourth-order valence-corrected chi connectivity index (χ4v) is 1.54. The Morgan fingerprint density at radius 2 is 2.12 bits per heavy atom. The van der Waals surface area contributed by atoms with E-state index in [0.717, 1.165) is 0 Å². The highest BCUT2D eigenvalue weighted by molar-refractivity contribution is 6.06. The maximum absolute atomic E-state index is 9.91. The summed E-state index contributed by atoms with van der Waals surface area (Å²) < 4.78 is 0. The second-order valence-electron chi connectivity index (χ2n) is 3.38. The molecule has 0 saturated heterocycles. The van der Waals surface area contributed by atoms with E-state index in [9.17, 15) is 10.2 Å². The SMILES string of the molecule is CC(=NO)c1cc(O)c2cccnc2c1O. The molecule has 0 saturated carbocycles. The minimum Gasteiger partial charge on any atom is -0.507 e. The van der Waals surface area contributed by atoms with Crippen LogP contribution in [0, 0.1) is 0 Å². The lowest BCUT2D eigenvalue weighted by molar-refractivity contribution is 0.318. The van der Waals surface area contributed by atoms with E-state index in [1.165, 1.54) is 19.2 Å². The third kappa shape index (κ3) is 1.42. The molecule has 0 aliphatic rings. The fourth-order valence-electron chi connectivity index (χ4n) is 1.54. The van der Waals surface area contributed by atoms with Crippen molar-refractivity contribution in [3.05, 3.63) is 30.0 Å². The minimum atomic E-state index is -0.108. The third-order valence-electron chi connectivity index (χ3n) is 2.38. The Hall–Kier alpha value is -2.30. The van der Waals surface area contributed by atoms with E-state index < -0.39 is 0 Å². The van der Waals surface area contributed by atoms with Crippen LogP contribution in [0.4, 0.5) is 0 Å². The highest BCUT2D eigenvalue weighted by Crippen LogP contribution is 2.33. The van der Waals surface area contributed by atoms with Crippen LogP contribution in [0.1, 0.15) is 12.5 Å². The molecule has 0 unspecified atom stereocenters. The van der Waals surface area contributed by atoms with E-state index in [-0.39, 0.29) is 28.3 Å². The van der Waals surface area contributed by atoms with Gasteiger partial charge in [-0.1, -0.05) is 5.16 Å². The van der Waals surface area contributed by atoms with Gasteiger partial charge in [0.15, 0.2) is 5.75 Å². The van der Waals surface area contributed by atoms with Crippen LogP contribution in [0.15, 0.2) is 29.6 Å². The van der Waals surface area contributed by atoms with Crippen LogP contribution >= 0.6 is 0 Å². The number of phenolic OH excluding ortho intramolecular Hbond substituents is 2. The molecule has 16 heavy (non-hydrogen) atoms. The summed E-state index contributed by atoms with van der Waals surface area (Å²) in [4.78, 5) is 3.97. The minimum absolute atomic E-state index is 0.0149. The van der Waals surface area contributed by atoms with Crippen molar-refractivity contribution < 1.29 is 15.4 Å². The first-order valence-electron chi connectivity index (χ1n) is 4.64. The normalized spacial score (nSPS) is 11.9. The number of pyridine rings is 1. The Morgan fingerprint density at radius 1 is 1.38 bits per heavy atom. The highest BCUT2D eigenvalue weighted by Gasteiger charge is 2.13. The molecule has 1 aromatic heterocycles. The number of benzene rings is 1. The maximum atomic E-state index is 9.91. The Morgan fingerprint density at radius 3 is 2.81 bits per heavy atom. The van der Waals surface area contributed by atoms with Crippen molar-refractivity contribution in [3.63, 3.8) is 0 Å². The first-order chi connectivity index (χ1) is 7.65. The molecule has 3 N–H and O–H groups in total. The molecule has 0 atom stereocenters. The molecule has 0 aliphatic heterocycles. The van der Waals surface area contributed by atoms with Gasteiger partial charge >= 0.3 is 0 Å². The number of hydrogen-bond donors (Lipinski definition) is 3. The molecular formula is C11H10N2O3. The van der Waals surface area contributed by atoms with Gasteiger partial charge in [-0.3, -0.25) is 4.98 Å². The molecule has 5 nitrogen and oxygen atoms in total. The molecule has 0 aliphatic carbocycles. The Bertz CT molecular complexity index is 579. The van der Waals surface area contributed by atoms with E-state index in [2.05, 4.69) is 10.1 Å². The molecule has 1 aromatic carbocycles. The van der Waals surface area contributed by atoms with Gasteiger partial charge in [-0.25, -0.2) is 0 Å². The monoisotopic (exact) mass is 218 g/mol. The van der Waals surface area contributed by atoms with Crippen molar-refractivity contribution in [1.29, 1.82) is 0 Å². The van der Waals surface area contributed by atoms with Gasteiger partial charge < -0.3 is 15.4 Å². The Balaban J connectivity index is 2.85. The summed E-state index contributed by atoms with van der Waals surface area (Å²) in [5.74, 6) is -0.123. The predicted octanol–water partition coefficient (Wildman–Crippen LogP) is 1.84. The number of hydrogen-bond acceptors (Lipinski definition) is 5. The molecular weight excluding hydrogens is 208 g/mol. The van der Waals surface area contributed by atoms with Crippen LogP contribution in [0.2, 0.25) is 0 Å². The molecule has 5 heteroatoms. The number of aromatic nitrogens is 1. The Kier molecular flexibility index (Phi) is 2.36. The summed E-state index contributed by atoms with van der Waals surface area (Å²) in [6.07, 6.45) is 1.51. The lowest BCUT2D eigenvalue weighted by Gasteiger charge is -2.07. The zero-order valence-electron chi connectivity index (χ0n) is 8.55. The van der Waals surface area contributed by atoms with Crippen LogP contribution in [-0.2, 0) is 0 Å².